The second-order valence-electron chi connectivity index (χ2n) is 3.14. The Balaban J connectivity index is 1.70. The van der Waals surface area contributed by atoms with E-state index >= 15 is 0 Å². The predicted octanol–water partition coefficient (Wildman–Crippen LogP) is 2.17. The highest BCUT2D eigenvalue weighted by Crippen LogP contribution is 2.29. The highest BCUT2D eigenvalue weighted by atomic mass is 32.2. The molecule has 1 heterocycles. The minimum Gasteiger partial charge on any atom is -0.368 e. The number of thioether (sulfide) groups is 1. The van der Waals surface area contributed by atoms with Crippen LogP contribution in [0.3, 0.4) is 0 Å². The molecule has 1 saturated heterocycles. The Bertz CT molecular complexity index is 332. The molecule has 0 spiro atoms. The molecule has 1 aliphatic heterocycles. The summed E-state index contributed by atoms with van der Waals surface area (Å²) in [5.41, 5.74) is 1.05. The summed E-state index contributed by atoms with van der Waals surface area (Å²) in [6.45, 7) is 1.40. The van der Waals surface area contributed by atoms with Crippen molar-refractivity contribution in [3.8, 4) is 11.8 Å². The summed E-state index contributed by atoms with van der Waals surface area (Å²) in [6, 6.07) is 9.98. The van der Waals surface area contributed by atoms with Gasteiger partial charge < -0.3 is 4.74 Å². The van der Waals surface area contributed by atoms with E-state index in [1.54, 1.807) is 0 Å². The van der Waals surface area contributed by atoms with Crippen molar-refractivity contribution in [3.05, 3.63) is 35.9 Å². The molecule has 0 bridgehead atoms. The average molecular weight is 204 g/mol. The zero-order chi connectivity index (χ0) is 9.64. The van der Waals surface area contributed by atoms with Crippen LogP contribution in [0.1, 0.15) is 5.56 Å². The first kappa shape index (κ1) is 9.64. The van der Waals surface area contributed by atoms with Gasteiger partial charge in [0.2, 0.25) is 0 Å². The first-order chi connectivity index (χ1) is 6.95. The third kappa shape index (κ3) is 3.45. The molecule has 1 aromatic rings. The summed E-state index contributed by atoms with van der Waals surface area (Å²) >= 11 is 1.95. The van der Waals surface area contributed by atoms with Crippen molar-refractivity contribution < 1.29 is 4.74 Å². The maximum Gasteiger partial charge on any atom is 0.108 e. The molecular formula is C12H12OS. The minimum absolute atomic E-state index is 0.548. The summed E-state index contributed by atoms with van der Waals surface area (Å²) in [5.74, 6) is 7.32. The summed E-state index contributed by atoms with van der Waals surface area (Å²) in [6.07, 6.45) is 0. The molecule has 1 nitrogen and oxygen atoms in total. The highest BCUT2D eigenvalue weighted by Gasteiger charge is 2.21. The van der Waals surface area contributed by atoms with E-state index in [9.17, 15) is 0 Å². The van der Waals surface area contributed by atoms with E-state index < -0.39 is 0 Å². The van der Waals surface area contributed by atoms with Crippen LogP contribution in [0.4, 0.5) is 0 Å². The topological polar surface area (TPSA) is 9.23 Å². The first-order valence-electron chi connectivity index (χ1n) is 4.68. The summed E-state index contributed by atoms with van der Waals surface area (Å²) in [5, 5.41) is 0.744. The maximum absolute atomic E-state index is 5.38. The second-order valence-corrected chi connectivity index (χ2v) is 4.47. The Hall–Kier alpha value is -0.910. The van der Waals surface area contributed by atoms with E-state index in [4.69, 9.17) is 4.74 Å². The van der Waals surface area contributed by atoms with Crippen LogP contribution in [0.15, 0.2) is 30.3 Å². The van der Waals surface area contributed by atoms with Crippen LogP contribution in [0.5, 0.6) is 0 Å². The Morgan fingerprint density at radius 1 is 1.36 bits per heavy atom. The molecule has 0 aromatic heterocycles. The molecule has 0 aliphatic carbocycles. The molecule has 1 aliphatic rings. The summed E-state index contributed by atoms with van der Waals surface area (Å²) < 4.78 is 5.38. The molecule has 2 heteroatoms. The average Bonchev–Trinajstić information content (AvgIpc) is 3.03. The number of rotatable bonds is 3. The van der Waals surface area contributed by atoms with Gasteiger partial charge in [-0.3, -0.25) is 0 Å². The van der Waals surface area contributed by atoms with Crippen LogP contribution < -0.4 is 0 Å². The molecule has 1 fully saturated rings. The van der Waals surface area contributed by atoms with Crippen LogP contribution in [0.2, 0.25) is 0 Å². The van der Waals surface area contributed by atoms with Crippen molar-refractivity contribution in [1.29, 1.82) is 0 Å². The fraction of sp³-hybridized carbons (Fsp3) is 0.333. The van der Waals surface area contributed by atoms with Gasteiger partial charge in [0.15, 0.2) is 0 Å². The van der Waals surface area contributed by atoms with Crippen LogP contribution in [0.25, 0.3) is 0 Å². The highest BCUT2D eigenvalue weighted by molar-refractivity contribution is 8.06. The SMILES string of the molecule is C(#Cc1ccccc1)COCC1CS1. The van der Waals surface area contributed by atoms with Crippen LogP contribution in [-0.4, -0.2) is 24.2 Å². The zero-order valence-electron chi connectivity index (χ0n) is 7.90. The molecule has 0 saturated carbocycles. The molecule has 1 unspecified atom stereocenters. The normalized spacial score (nSPS) is 18.4. The van der Waals surface area contributed by atoms with Crippen molar-refractivity contribution in [2.75, 3.05) is 19.0 Å². The van der Waals surface area contributed by atoms with Gasteiger partial charge in [0.1, 0.15) is 6.61 Å². The molecule has 0 N–H and O–H groups in total. The Labute approximate surface area is 88.9 Å². The Morgan fingerprint density at radius 2 is 2.14 bits per heavy atom. The lowest BCUT2D eigenvalue weighted by Crippen LogP contribution is -1.99. The number of hydrogen-bond donors (Lipinski definition) is 0. The number of hydrogen-bond acceptors (Lipinski definition) is 2. The van der Waals surface area contributed by atoms with E-state index in [1.807, 2.05) is 42.1 Å². The lowest BCUT2D eigenvalue weighted by molar-refractivity contribution is 0.176. The molecule has 2 rings (SSSR count). The number of benzene rings is 1. The van der Waals surface area contributed by atoms with Crippen LogP contribution in [-0.2, 0) is 4.74 Å². The van der Waals surface area contributed by atoms with Gasteiger partial charge >= 0.3 is 0 Å². The fourth-order valence-corrected chi connectivity index (χ4v) is 1.49. The standard InChI is InChI=1S/C12H12OS/c1-2-5-11(6-3-1)7-4-8-13-9-12-10-14-12/h1-3,5-6,12H,8-10H2. The van der Waals surface area contributed by atoms with Gasteiger partial charge in [-0.2, -0.15) is 11.8 Å². The lowest BCUT2D eigenvalue weighted by atomic mass is 10.2. The van der Waals surface area contributed by atoms with E-state index in [0.29, 0.717) is 6.61 Å². The summed E-state index contributed by atoms with van der Waals surface area (Å²) in [7, 11) is 0. The van der Waals surface area contributed by atoms with Gasteiger partial charge in [0, 0.05) is 16.6 Å². The van der Waals surface area contributed by atoms with Crippen molar-refractivity contribution in [2.24, 2.45) is 0 Å². The molecule has 14 heavy (non-hydrogen) atoms. The van der Waals surface area contributed by atoms with Crippen molar-refractivity contribution in [3.63, 3.8) is 0 Å². The quantitative estimate of drug-likeness (QED) is 0.424. The maximum atomic E-state index is 5.38. The van der Waals surface area contributed by atoms with Gasteiger partial charge in [0.25, 0.3) is 0 Å². The van der Waals surface area contributed by atoms with Crippen molar-refractivity contribution in [2.45, 2.75) is 5.25 Å². The predicted molar refractivity (Wildman–Crippen MR) is 60.4 cm³/mol. The Morgan fingerprint density at radius 3 is 2.86 bits per heavy atom. The smallest absolute Gasteiger partial charge is 0.108 e. The largest absolute Gasteiger partial charge is 0.368 e. The van der Waals surface area contributed by atoms with E-state index in [1.165, 1.54) is 5.75 Å². The molecular weight excluding hydrogens is 192 g/mol. The summed E-state index contributed by atoms with van der Waals surface area (Å²) in [4.78, 5) is 0. The van der Waals surface area contributed by atoms with Gasteiger partial charge in [-0.05, 0) is 12.1 Å². The van der Waals surface area contributed by atoms with Gasteiger partial charge in [-0.25, -0.2) is 0 Å². The molecule has 1 aromatic carbocycles. The third-order valence-corrected chi connectivity index (χ3v) is 2.83. The second kappa shape index (κ2) is 5.09. The zero-order valence-corrected chi connectivity index (χ0v) is 8.72. The lowest BCUT2D eigenvalue weighted by Gasteiger charge is -1.93. The van der Waals surface area contributed by atoms with Crippen LogP contribution >= 0.6 is 11.8 Å². The first-order valence-corrected chi connectivity index (χ1v) is 5.73. The van der Waals surface area contributed by atoms with E-state index in [2.05, 4.69) is 11.8 Å². The van der Waals surface area contributed by atoms with E-state index in [-0.39, 0.29) is 0 Å². The fourth-order valence-electron chi connectivity index (χ4n) is 1.07. The van der Waals surface area contributed by atoms with Gasteiger partial charge in [-0.1, -0.05) is 30.0 Å². The minimum atomic E-state index is 0.548. The third-order valence-electron chi connectivity index (χ3n) is 1.89. The van der Waals surface area contributed by atoms with Crippen molar-refractivity contribution in [1.82, 2.24) is 0 Å². The molecule has 1 atom stereocenters. The van der Waals surface area contributed by atoms with Crippen molar-refractivity contribution >= 4 is 11.8 Å². The number of ether oxygens (including phenoxy) is 1. The van der Waals surface area contributed by atoms with Gasteiger partial charge in [0.05, 0.1) is 6.61 Å². The Kier molecular flexibility index (Phi) is 3.50. The monoisotopic (exact) mass is 204 g/mol. The van der Waals surface area contributed by atoms with Crippen LogP contribution in [0, 0.1) is 11.8 Å². The molecule has 0 amide bonds. The van der Waals surface area contributed by atoms with Gasteiger partial charge in [-0.15, -0.1) is 0 Å². The molecule has 72 valence electrons. The molecule has 0 radical (unpaired) electrons. The van der Waals surface area contributed by atoms with E-state index in [0.717, 1.165) is 17.4 Å².